The average Bonchev–Trinajstić information content (AvgIpc) is 3.46. The number of rotatable bonds is 8. The summed E-state index contributed by atoms with van der Waals surface area (Å²) in [6.45, 7) is 2.67. The summed E-state index contributed by atoms with van der Waals surface area (Å²) < 4.78 is 2.06. The van der Waals surface area contributed by atoms with Crippen LogP contribution < -0.4 is 21.5 Å². The molecule has 10 heteroatoms. The van der Waals surface area contributed by atoms with E-state index in [0.29, 0.717) is 22.2 Å². The van der Waals surface area contributed by atoms with Gasteiger partial charge in [0.1, 0.15) is 17.0 Å². The van der Waals surface area contributed by atoms with E-state index in [1.807, 2.05) is 60.7 Å². The minimum atomic E-state index is -0.351. The molecule has 1 saturated heterocycles. The van der Waals surface area contributed by atoms with Gasteiger partial charge in [-0.25, -0.2) is 15.0 Å². The predicted molar refractivity (Wildman–Crippen MR) is 182 cm³/mol. The summed E-state index contributed by atoms with van der Waals surface area (Å²) in [5, 5.41) is 0. The molecule has 0 amide bonds. The van der Waals surface area contributed by atoms with Crippen LogP contribution in [0, 0.1) is 0 Å². The van der Waals surface area contributed by atoms with E-state index in [9.17, 15) is 9.59 Å². The van der Waals surface area contributed by atoms with E-state index in [4.69, 9.17) is 15.7 Å². The van der Waals surface area contributed by atoms with Gasteiger partial charge in [-0.2, -0.15) is 0 Å². The number of aromatic nitrogens is 4. The lowest BCUT2D eigenvalue weighted by Crippen LogP contribution is -2.48. The number of imidazole rings is 1. The zero-order valence-electron chi connectivity index (χ0n) is 25.2. The first-order valence-electron chi connectivity index (χ1n) is 15.0. The fraction of sp³-hybridized carbons (Fsp3) is 0.229. The number of hydrogen-bond acceptors (Lipinski definition) is 9. The highest BCUT2D eigenvalue weighted by Crippen LogP contribution is 2.32. The van der Waals surface area contributed by atoms with E-state index in [2.05, 4.69) is 50.8 Å². The van der Waals surface area contributed by atoms with Crippen molar-refractivity contribution in [3.05, 3.63) is 111 Å². The number of fused-ring (bicyclic) bond motifs is 1. The largest absolute Gasteiger partial charge is 0.383 e. The first-order valence-corrected chi connectivity index (χ1v) is 16.2. The lowest BCUT2D eigenvalue weighted by atomic mass is 10.0. The van der Waals surface area contributed by atoms with E-state index in [0.717, 1.165) is 66.1 Å². The Hall–Kier alpha value is -4.80. The molecule has 0 radical (unpaired) electrons. The molecule has 0 atom stereocenters. The number of benzene rings is 2. The number of likely N-dealkylation sites (tertiary alicyclic amines) is 1. The molecule has 2 N–H and O–H groups in total. The van der Waals surface area contributed by atoms with Gasteiger partial charge in [-0.3, -0.25) is 19.1 Å². The van der Waals surface area contributed by atoms with Crippen molar-refractivity contribution >= 4 is 34.4 Å². The monoisotopic (exact) mass is 615 g/mol. The highest BCUT2D eigenvalue weighted by Gasteiger charge is 2.30. The van der Waals surface area contributed by atoms with E-state index in [1.54, 1.807) is 6.20 Å². The summed E-state index contributed by atoms with van der Waals surface area (Å²) in [5.41, 5.74) is 12.5. The number of hydrogen-bond donors (Lipinski definition) is 1. The minimum Gasteiger partial charge on any atom is -0.383 e. The molecule has 7 rings (SSSR count). The molecule has 6 aromatic rings. The van der Waals surface area contributed by atoms with Gasteiger partial charge >= 0.3 is 0 Å². The van der Waals surface area contributed by atoms with Crippen molar-refractivity contribution in [2.75, 3.05) is 37.0 Å². The summed E-state index contributed by atoms with van der Waals surface area (Å²) in [6.07, 6.45) is 5.41. The van der Waals surface area contributed by atoms with Crippen LogP contribution in [0.2, 0.25) is 0 Å². The first-order chi connectivity index (χ1) is 21.9. The van der Waals surface area contributed by atoms with Crippen LogP contribution in [0.3, 0.4) is 0 Å². The Kier molecular flexibility index (Phi) is 7.68. The molecule has 0 spiro atoms. The third-order valence-corrected chi connectivity index (χ3v) is 9.55. The number of anilines is 2. The maximum absolute atomic E-state index is 12.2. The molecule has 3 aromatic heterocycles. The van der Waals surface area contributed by atoms with Gasteiger partial charge in [0.05, 0.1) is 16.2 Å². The first kappa shape index (κ1) is 28.9. The van der Waals surface area contributed by atoms with Gasteiger partial charge in [0, 0.05) is 50.2 Å². The van der Waals surface area contributed by atoms with Crippen LogP contribution in [0.1, 0.15) is 18.4 Å². The molecule has 1 aliphatic heterocycles. The Labute approximate surface area is 265 Å². The second-order valence-corrected chi connectivity index (χ2v) is 12.3. The van der Waals surface area contributed by atoms with Crippen LogP contribution in [-0.2, 0) is 6.54 Å². The fourth-order valence-electron chi connectivity index (χ4n) is 6.28. The number of nitrogens with zero attached hydrogens (tertiary/aromatic N) is 6. The third-order valence-electron chi connectivity index (χ3n) is 8.76. The quantitative estimate of drug-likeness (QED) is 0.184. The van der Waals surface area contributed by atoms with Crippen molar-refractivity contribution in [2.45, 2.75) is 30.3 Å². The van der Waals surface area contributed by atoms with Crippen molar-refractivity contribution < 1.29 is 0 Å². The molecule has 0 bridgehead atoms. The lowest BCUT2D eigenvalue weighted by Gasteiger charge is -2.38. The zero-order chi connectivity index (χ0) is 31.1. The summed E-state index contributed by atoms with van der Waals surface area (Å²) in [7, 11) is 1.94. The maximum Gasteiger partial charge on any atom is 0.251 e. The van der Waals surface area contributed by atoms with Gasteiger partial charge < -0.3 is 10.6 Å². The van der Waals surface area contributed by atoms with Gasteiger partial charge in [-0.15, -0.1) is 11.8 Å². The van der Waals surface area contributed by atoms with Crippen LogP contribution in [-0.4, -0.2) is 56.9 Å². The average molecular weight is 616 g/mol. The van der Waals surface area contributed by atoms with E-state index in [-0.39, 0.29) is 16.9 Å². The minimum absolute atomic E-state index is 0.249. The van der Waals surface area contributed by atoms with Crippen molar-refractivity contribution in [1.82, 2.24) is 24.4 Å². The van der Waals surface area contributed by atoms with E-state index < -0.39 is 0 Å². The summed E-state index contributed by atoms with van der Waals surface area (Å²) in [6, 6.07) is 26.7. The molecular formula is C35H33N7O2S. The van der Waals surface area contributed by atoms with Gasteiger partial charge in [-0.1, -0.05) is 42.5 Å². The Morgan fingerprint density at radius 3 is 2.38 bits per heavy atom. The number of nitrogen functional groups attached to an aromatic ring is 1. The van der Waals surface area contributed by atoms with E-state index in [1.165, 1.54) is 17.3 Å². The van der Waals surface area contributed by atoms with Crippen LogP contribution >= 0.6 is 11.8 Å². The number of thioether (sulfide) groups is 1. The molecule has 0 aliphatic carbocycles. The van der Waals surface area contributed by atoms with Crippen LogP contribution in [0.5, 0.6) is 0 Å². The van der Waals surface area contributed by atoms with E-state index >= 15 is 0 Å². The molecule has 45 heavy (non-hydrogen) atoms. The van der Waals surface area contributed by atoms with Gasteiger partial charge in [0.2, 0.25) is 5.43 Å². The van der Waals surface area contributed by atoms with Crippen molar-refractivity contribution in [1.29, 1.82) is 0 Å². The molecule has 0 unspecified atom stereocenters. The normalized spacial score (nSPS) is 14.4. The van der Waals surface area contributed by atoms with Crippen LogP contribution in [0.15, 0.2) is 99.5 Å². The second-order valence-electron chi connectivity index (χ2n) is 11.4. The zero-order valence-corrected chi connectivity index (χ0v) is 26.0. The molecule has 9 nitrogen and oxygen atoms in total. The Morgan fingerprint density at radius 1 is 0.911 bits per heavy atom. The summed E-state index contributed by atoms with van der Waals surface area (Å²) in [4.78, 5) is 43.5. The molecule has 1 fully saturated rings. The highest BCUT2D eigenvalue weighted by molar-refractivity contribution is 7.98. The van der Waals surface area contributed by atoms with Gasteiger partial charge in [0.25, 0.3) is 5.43 Å². The summed E-state index contributed by atoms with van der Waals surface area (Å²) in [5.74, 6) is 1.11. The maximum atomic E-state index is 12.2. The van der Waals surface area contributed by atoms with Crippen molar-refractivity contribution in [3.63, 3.8) is 0 Å². The van der Waals surface area contributed by atoms with Crippen molar-refractivity contribution in [3.8, 4) is 28.3 Å². The van der Waals surface area contributed by atoms with Crippen LogP contribution in [0.4, 0.5) is 11.5 Å². The lowest BCUT2D eigenvalue weighted by molar-refractivity contribution is 0.203. The number of pyridine rings is 2. The topological polar surface area (TPSA) is 110 Å². The molecule has 0 saturated carbocycles. The fourth-order valence-corrected chi connectivity index (χ4v) is 6.99. The third kappa shape index (κ3) is 5.30. The number of piperidine rings is 1. The van der Waals surface area contributed by atoms with Crippen molar-refractivity contribution in [2.24, 2.45) is 0 Å². The second kappa shape index (κ2) is 11.9. The predicted octanol–water partition coefficient (Wildman–Crippen LogP) is 5.15. The SMILES string of the molecule is CSc1c(N(C)C2CCN(Cc3ccc(-n4c(-c5cccnc5N)nc5ccc(-c6ccccc6)nc54)cc3)CC2)c(=O)c1=O. The summed E-state index contributed by atoms with van der Waals surface area (Å²) >= 11 is 1.36. The Morgan fingerprint density at radius 2 is 1.67 bits per heavy atom. The molecule has 4 heterocycles. The molecular weight excluding hydrogens is 582 g/mol. The highest BCUT2D eigenvalue weighted by atomic mass is 32.2. The van der Waals surface area contributed by atoms with Crippen LogP contribution in [0.25, 0.3) is 39.5 Å². The standard InChI is InChI=1S/C35H33N7O2S/c1-40(29-30(43)31(44)32(29)45-2)24-16-19-41(20-17-24)21-22-10-12-25(13-11-22)42-34(26-9-6-18-37-33(26)36)39-28-15-14-27(38-35(28)42)23-7-4-3-5-8-23/h3-15,18,24H,16-17,19-21H2,1-2H3,(H2,36,37). The Bertz CT molecular complexity index is 2060. The number of nitrogens with two attached hydrogens (primary N) is 1. The smallest absolute Gasteiger partial charge is 0.251 e. The Balaban J connectivity index is 1.14. The molecule has 1 aliphatic rings. The molecule has 3 aromatic carbocycles. The van der Waals surface area contributed by atoms with Gasteiger partial charge in [0.15, 0.2) is 11.5 Å². The molecule has 226 valence electrons. The van der Waals surface area contributed by atoms with Gasteiger partial charge in [-0.05, 0) is 61.1 Å².